The summed E-state index contributed by atoms with van der Waals surface area (Å²) >= 11 is 3.17. The van der Waals surface area contributed by atoms with Crippen LogP contribution in [0.15, 0.2) is 33.3 Å². The van der Waals surface area contributed by atoms with Gasteiger partial charge in [-0.1, -0.05) is 21.1 Å². The molecule has 1 aromatic carbocycles. The smallest absolute Gasteiger partial charge is 0.277 e. The predicted octanol–water partition coefficient (Wildman–Crippen LogP) is 3.42. The van der Waals surface area contributed by atoms with Gasteiger partial charge >= 0.3 is 0 Å². The standard InChI is InChI=1S/C15H15BrFN3O2/c16-10-3-4-13(12(17)7-10)18-15(21)14-8-11(22-19-14)9-20-5-1-2-6-20/h3-4,7-8H,1-2,5-6,9H2,(H,18,21). The van der Waals surface area contributed by atoms with Gasteiger partial charge in [0.05, 0.1) is 12.2 Å². The van der Waals surface area contributed by atoms with Gasteiger partial charge in [-0.15, -0.1) is 0 Å². The monoisotopic (exact) mass is 367 g/mol. The number of nitrogens with one attached hydrogen (secondary N) is 1. The van der Waals surface area contributed by atoms with Crippen LogP contribution in [0.3, 0.4) is 0 Å². The zero-order chi connectivity index (χ0) is 15.5. The summed E-state index contributed by atoms with van der Waals surface area (Å²) in [6.45, 7) is 2.71. The molecule has 5 nitrogen and oxygen atoms in total. The minimum absolute atomic E-state index is 0.109. The van der Waals surface area contributed by atoms with Crippen LogP contribution in [0.2, 0.25) is 0 Å². The second-order valence-electron chi connectivity index (χ2n) is 5.24. The number of carbonyl (C=O) groups is 1. The molecular formula is C15H15BrFN3O2. The van der Waals surface area contributed by atoms with Crippen molar-refractivity contribution >= 4 is 27.5 Å². The zero-order valence-electron chi connectivity index (χ0n) is 11.8. The molecule has 0 spiro atoms. The number of carbonyl (C=O) groups excluding carboxylic acids is 1. The third-order valence-electron chi connectivity index (χ3n) is 3.55. The minimum atomic E-state index is -0.511. The van der Waals surface area contributed by atoms with E-state index in [1.54, 1.807) is 12.1 Å². The Morgan fingerprint density at radius 2 is 2.14 bits per heavy atom. The van der Waals surface area contributed by atoms with Crippen LogP contribution in [0.4, 0.5) is 10.1 Å². The van der Waals surface area contributed by atoms with Crippen LogP contribution in [0.25, 0.3) is 0 Å². The highest BCUT2D eigenvalue weighted by Crippen LogP contribution is 2.20. The lowest BCUT2D eigenvalue weighted by atomic mass is 10.3. The second kappa shape index (κ2) is 6.58. The second-order valence-corrected chi connectivity index (χ2v) is 6.16. The first kappa shape index (κ1) is 15.2. The molecule has 2 aromatic rings. The van der Waals surface area contributed by atoms with Crippen molar-refractivity contribution in [1.29, 1.82) is 0 Å². The summed E-state index contributed by atoms with van der Waals surface area (Å²) in [5.74, 6) is -0.357. The summed E-state index contributed by atoms with van der Waals surface area (Å²) in [7, 11) is 0. The number of hydrogen-bond donors (Lipinski definition) is 1. The number of amides is 1. The number of halogens is 2. The SMILES string of the molecule is O=C(Nc1ccc(Br)cc1F)c1cc(CN2CCCC2)on1. The van der Waals surface area contributed by atoms with Crippen molar-refractivity contribution in [3.05, 3.63) is 46.0 Å². The lowest BCUT2D eigenvalue weighted by Gasteiger charge is -2.10. The average molecular weight is 368 g/mol. The first-order valence-electron chi connectivity index (χ1n) is 7.06. The topological polar surface area (TPSA) is 58.4 Å². The normalized spacial score (nSPS) is 15.2. The van der Waals surface area contributed by atoms with Crippen molar-refractivity contribution in [3.8, 4) is 0 Å². The Labute approximate surface area is 135 Å². The van der Waals surface area contributed by atoms with E-state index in [1.165, 1.54) is 25.0 Å². The summed E-state index contributed by atoms with van der Waals surface area (Å²) in [5.41, 5.74) is 0.258. The average Bonchev–Trinajstić information content (AvgIpc) is 3.14. The number of benzene rings is 1. The summed E-state index contributed by atoms with van der Waals surface area (Å²) in [5, 5.41) is 6.25. The van der Waals surface area contributed by atoms with E-state index < -0.39 is 11.7 Å². The Balaban J connectivity index is 1.65. The van der Waals surface area contributed by atoms with Gasteiger partial charge < -0.3 is 9.84 Å². The quantitative estimate of drug-likeness (QED) is 0.899. The molecule has 0 atom stereocenters. The molecule has 2 heterocycles. The molecule has 0 bridgehead atoms. The fourth-order valence-corrected chi connectivity index (χ4v) is 2.77. The highest BCUT2D eigenvalue weighted by atomic mass is 79.9. The molecule has 0 radical (unpaired) electrons. The van der Waals surface area contributed by atoms with Gasteiger partial charge in [-0.3, -0.25) is 9.69 Å². The van der Waals surface area contributed by atoms with Gasteiger partial charge in [-0.05, 0) is 44.1 Å². The van der Waals surface area contributed by atoms with Crippen molar-refractivity contribution in [2.45, 2.75) is 19.4 Å². The molecule has 22 heavy (non-hydrogen) atoms. The maximum Gasteiger partial charge on any atom is 0.277 e. The van der Waals surface area contributed by atoms with Gasteiger partial charge in [0.25, 0.3) is 5.91 Å². The number of likely N-dealkylation sites (tertiary alicyclic amines) is 1. The van der Waals surface area contributed by atoms with Gasteiger partial charge in [-0.2, -0.15) is 0 Å². The van der Waals surface area contributed by atoms with E-state index in [1.807, 2.05) is 0 Å². The summed E-state index contributed by atoms with van der Waals surface area (Å²) in [6.07, 6.45) is 2.37. The van der Waals surface area contributed by atoms with Gasteiger partial charge in [0.1, 0.15) is 5.82 Å². The van der Waals surface area contributed by atoms with E-state index in [2.05, 4.69) is 31.3 Å². The number of aromatic nitrogens is 1. The van der Waals surface area contributed by atoms with Crippen molar-refractivity contribution in [2.24, 2.45) is 0 Å². The molecule has 1 aromatic heterocycles. The number of nitrogens with zero attached hydrogens (tertiary/aromatic N) is 2. The molecule has 7 heteroatoms. The zero-order valence-corrected chi connectivity index (χ0v) is 13.4. The van der Waals surface area contributed by atoms with Crippen LogP contribution in [0, 0.1) is 5.82 Å². The lowest BCUT2D eigenvalue weighted by molar-refractivity contribution is 0.101. The molecule has 116 valence electrons. The number of rotatable bonds is 4. The first-order chi connectivity index (χ1) is 10.6. The van der Waals surface area contributed by atoms with E-state index in [-0.39, 0.29) is 11.4 Å². The third-order valence-corrected chi connectivity index (χ3v) is 4.04. The van der Waals surface area contributed by atoms with E-state index in [0.29, 0.717) is 16.8 Å². The minimum Gasteiger partial charge on any atom is -0.359 e. The third kappa shape index (κ3) is 3.53. The summed E-state index contributed by atoms with van der Waals surface area (Å²) < 4.78 is 19.5. The van der Waals surface area contributed by atoms with E-state index in [4.69, 9.17) is 4.52 Å². The fraction of sp³-hybridized carbons (Fsp3) is 0.333. The van der Waals surface area contributed by atoms with E-state index in [0.717, 1.165) is 13.1 Å². The van der Waals surface area contributed by atoms with Crippen LogP contribution in [-0.2, 0) is 6.54 Å². The molecule has 1 fully saturated rings. The molecule has 0 aliphatic carbocycles. The number of anilines is 1. The molecule has 0 saturated carbocycles. The molecule has 1 aliphatic rings. The molecular weight excluding hydrogens is 353 g/mol. The van der Waals surface area contributed by atoms with Gasteiger partial charge in [0, 0.05) is 10.5 Å². The van der Waals surface area contributed by atoms with Gasteiger partial charge in [-0.25, -0.2) is 4.39 Å². The molecule has 1 aliphatic heterocycles. The predicted molar refractivity (Wildman–Crippen MR) is 83.1 cm³/mol. The van der Waals surface area contributed by atoms with Gasteiger partial charge in [0.15, 0.2) is 11.5 Å². The van der Waals surface area contributed by atoms with Crippen LogP contribution in [0.1, 0.15) is 29.1 Å². The largest absolute Gasteiger partial charge is 0.359 e. The molecule has 1 amide bonds. The van der Waals surface area contributed by atoms with Crippen LogP contribution < -0.4 is 5.32 Å². The Morgan fingerprint density at radius 1 is 1.36 bits per heavy atom. The van der Waals surface area contributed by atoms with Crippen molar-refractivity contribution in [2.75, 3.05) is 18.4 Å². The molecule has 1 saturated heterocycles. The van der Waals surface area contributed by atoms with Gasteiger partial charge in [0.2, 0.25) is 0 Å². The molecule has 3 rings (SSSR count). The Kier molecular flexibility index (Phi) is 4.54. The highest BCUT2D eigenvalue weighted by molar-refractivity contribution is 9.10. The lowest BCUT2D eigenvalue weighted by Crippen LogP contribution is -2.18. The van der Waals surface area contributed by atoms with E-state index >= 15 is 0 Å². The van der Waals surface area contributed by atoms with Crippen LogP contribution in [0.5, 0.6) is 0 Å². The maximum absolute atomic E-state index is 13.7. The maximum atomic E-state index is 13.7. The first-order valence-corrected chi connectivity index (χ1v) is 7.85. The van der Waals surface area contributed by atoms with Crippen LogP contribution in [-0.4, -0.2) is 29.1 Å². The Hall–Kier alpha value is -1.73. The highest BCUT2D eigenvalue weighted by Gasteiger charge is 2.18. The Morgan fingerprint density at radius 3 is 2.86 bits per heavy atom. The number of hydrogen-bond acceptors (Lipinski definition) is 4. The van der Waals surface area contributed by atoms with Crippen molar-refractivity contribution in [3.63, 3.8) is 0 Å². The summed E-state index contributed by atoms with van der Waals surface area (Å²) in [6, 6.07) is 6.03. The van der Waals surface area contributed by atoms with Crippen molar-refractivity contribution in [1.82, 2.24) is 10.1 Å². The fourth-order valence-electron chi connectivity index (χ4n) is 2.43. The van der Waals surface area contributed by atoms with Crippen molar-refractivity contribution < 1.29 is 13.7 Å². The Bertz CT molecular complexity index is 683. The summed E-state index contributed by atoms with van der Waals surface area (Å²) in [4.78, 5) is 14.3. The van der Waals surface area contributed by atoms with Crippen LogP contribution >= 0.6 is 15.9 Å². The molecule has 0 unspecified atom stereocenters. The van der Waals surface area contributed by atoms with E-state index in [9.17, 15) is 9.18 Å². The molecule has 1 N–H and O–H groups in total.